The topological polar surface area (TPSA) is 91.8 Å². The Morgan fingerprint density at radius 1 is 1.21 bits per heavy atom. The summed E-state index contributed by atoms with van der Waals surface area (Å²) in [6.07, 6.45) is -0.907. The van der Waals surface area contributed by atoms with E-state index in [-0.39, 0.29) is 24.4 Å². The predicted molar refractivity (Wildman–Crippen MR) is 123 cm³/mol. The highest BCUT2D eigenvalue weighted by molar-refractivity contribution is 5.98. The maximum absolute atomic E-state index is 13.4. The molecule has 0 radical (unpaired) electrons. The number of aliphatic imine (C=N–C) groups is 1. The summed E-state index contributed by atoms with van der Waals surface area (Å²) in [6, 6.07) is 10.1. The number of carbonyl (C=O) groups is 2. The molecule has 1 heterocycles. The summed E-state index contributed by atoms with van der Waals surface area (Å²) in [7, 11) is 0. The standard InChI is InChI=1S/C24H25F3N4O3/c1-2-34-21(32)8-7-16-5-3-6-17(11-16)15-30-22(33)18-12-19(24(25,26)27)14-20(13-18)31-23-28-9-4-10-29-23/h3,5-8,11-14H,2,4,9-10,15H2,1H3,(H,30,33)(H2,28,29,31)/b8-7+. The highest BCUT2D eigenvalue weighted by Crippen LogP contribution is 2.32. The molecule has 0 saturated carbocycles. The third-order valence-corrected chi connectivity index (χ3v) is 4.79. The molecule has 0 saturated heterocycles. The Morgan fingerprint density at radius 2 is 2.03 bits per heavy atom. The first-order valence-electron chi connectivity index (χ1n) is 10.7. The van der Waals surface area contributed by atoms with Gasteiger partial charge in [-0.25, -0.2) is 4.79 Å². The van der Waals surface area contributed by atoms with Crippen LogP contribution in [0.3, 0.4) is 0 Å². The van der Waals surface area contributed by atoms with Crippen LogP contribution in [-0.2, 0) is 22.3 Å². The molecule has 0 aliphatic carbocycles. The zero-order valence-electron chi connectivity index (χ0n) is 18.5. The summed E-state index contributed by atoms with van der Waals surface area (Å²) < 4.78 is 45.1. The van der Waals surface area contributed by atoms with E-state index in [4.69, 9.17) is 4.74 Å². The lowest BCUT2D eigenvalue weighted by molar-refractivity contribution is -0.138. The van der Waals surface area contributed by atoms with Crippen LogP contribution in [-0.4, -0.2) is 37.5 Å². The van der Waals surface area contributed by atoms with Crippen molar-refractivity contribution in [2.45, 2.75) is 26.1 Å². The Hall–Kier alpha value is -3.82. The maximum Gasteiger partial charge on any atom is 0.416 e. The van der Waals surface area contributed by atoms with Crippen LogP contribution in [0.1, 0.15) is 40.4 Å². The molecule has 1 amide bonds. The molecular weight excluding hydrogens is 449 g/mol. The molecule has 1 aliphatic rings. The van der Waals surface area contributed by atoms with Crippen molar-refractivity contribution in [2.24, 2.45) is 4.99 Å². The van der Waals surface area contributed by atoms with E-state index in [0.29, 0.717) is 30.2 Å². The number of ether oxygens (including phenoxy) is 1. The van der Waals surface area contributed by atoms with Crippen LogP contribution in [0.4, 0.5) is 18.9 Å². The Morgan fingerprint density at radius 3 is 2.74 bits per heavy atom. The number of rotatable bonds is 7. The zero-order valence-corrected chi connectivity index (χ0v) is 18.5. The van der Waals surface area contributed by atoms with Gasteiger partial charge >= 0.3 is 12.1 Å². The molecule has 0 fully saturated rings. The van der Waals surface area contributed by atoms with Gasteiger partial charge in [0.25, 0.3) is 5.91 Å². The Kier molecular flexibility index (Phi) is 8.29. The lowest BCUT2D eigenvalue weighted by Crippen LogP contribution is -2.35. The highest BCUT2D eigenvalue weighted by Gasteiger charge is 2.32. The molecule has 0 atom stereocenters. The normalized spacial score (nSPS) is 13.7. The quantitative estimate of drug-likeness (QED) is 0.417. The number of guanidine groups is 1. The van der Waals surface area contributed by atoms with Crippen molar-refractivity contribution in [3.05, 3.63) is 70.8 Å². The first kappa shape index (κ1) is 24.8. The molecule has 0 aromatic heterocycles. The van der Waals surface area contributed by atoms with Crippen LogP contribution in [0.15, 0.2) is 53.5 Å². The summed E-state index contributed by atoms with van der Waals surface area (Å²) in [5, 5.41) is 8.43. The van der Waals surface area contributed by atoms with Crippen LogP contribution >= 0.6 is 0 Å². The SMILES string of the molecule is CCOC(=O)/C=C/c1cccc(CNC(=O)c2cc(NC3=NCCCN3)cc(C(F)(F)F)c2)c1. The van der Waals surface area contributed by atoms with E-state index in [9.17, 15) is 22.8 Å². The minimum Gasteiger partial charge on any atom is -0.463 e. The van der Waals surface area contributed by atoms with Crippen molar-refractivity contribution < 1.29 is 27.5 Å². The van der Waals surface area contributed by atoms with E-state index in [1.165, 1.54) is 12.1 Å². The molecule has 180 valence electrons. The molecular formula is C24H25F3N4O3. The van der Waals surface area contributed by atoms with Crippen LogP contribution in [0, 0.1) is 0 Å². The molecule has 0 bridgehead atoms. The third-order valence-electron chi connectivity index (χ3n) is 4.79. The van der Waals surface area contributed by atoms with Crippen LogP contribution < -0.4 is 16.0 Å². The van der Waals surface area contributed by atoms with E-state index in [2.05, 4.69) is 20.9 Å². The summed E-state index contributed by atoms with van der Waals surface area (Å²) in [5.41, 5.74) is 0.466. The lowest BCUT2D eigenvalue weighted by atomic mass is 10.1. The number of nitrogens with one attached hydrogen (secondary N) is 3. The smallest absolute Gasteiger partial charge is 0.416 e. The fraction of sp³-hybridized carbons (Fsp3) is 0.292. The van der Waals surface area contributed by atoms with E-state index in [1.807, 2.05) is 0 Å². The number of amides is 1. The van der Waals surface area contributed by atoms with Gasteiger partial charge in [0.1, 0.15) is 0 Å². The molecule has 2 aromatic rings. The number of nitrogens with zero attached hydrogens (tertiary/aromatic N) is 1. The third kappa shape index (κ3) is 7.36. The highest BCUT2D eigenvalue weighted by atomic mass is 19.4. The number of esters is 1. The van der Waals surface area contributed by atoms with Gasteiger partial charge in [0.15, 0.2) is 5.96 Å². The van der Waals surface area contributed by atoms with E-state index in [0.717, 1.165) is 18.6 Å². The van der Waals surface area contributed by atoms with Crippen LogP contribution in [0.5, 0.6) is 0 Å². The van der Waals surface area contributed by atoms with Crippen LogP contribution in [0.25, 0.3) is 6.08 Å². The van der Waals surface area contributed by atoms with Gasteiger partial charge in [-0.15, -0.1) is 0 Å². The summed E-state index contributed by atoms with van der Waals surface area (Å²) in [4.78, 5) is 28.3. The summed E-state index contributed by atoms with van der Waals surface area (Å²) in [6.45, 7) is 3.29. The van der Waals surface area contributed by atoms with Crippen LogP contribution in [0.2, 0.25) is 0 Å². The first-order chi connectivity index (χ1) is 16.2. The zero-order chi connectivity index (χ0) is 24.6. The second kappa shape index (κ2) is 11.4. The largest absolute Gasteiger partial charge is 0.463 e. The molecule has 0 unspecified atom stereocenters. The van der Waals surface area contributed by atoms with Crippen molar-refractivity contribution >= 4 is 29.6 Å². The molecule has 34 heavy (non-hydrogen) atoms. The summed E-state index contributed by atoms with van der Waals surface area (Å²) in [5.74, 6) is -0.755. The van der Waals surface area contributed by atoms with Crippen molar-refractivity contribution in [3.8, 4) is 0 Å². The van der Waals surface area contributed by atoms with Gasteiger partial charge in [0.05, 0.1) is 12.2 Å². The number of hydrogen-bond donors (Lipinski definition) is 3. The number of anilines is 1. The van der Waals surface area contributed by atoms with Gasteiger partial charge in [-0.05, 0) is 54.8 Å². The fourth-order valence-electron chi connectivity index (χ4n) is 3.19. The first-order valence-corrected chi connectivity index (χ1v) is 10.7. The Labute approximate surface area is 195 Å². The minimum absolute atomic E-state index is 0.0905. The number of benzene rings is 2. The van der Waals surface area contributed by atoms with Gasteiger partial charge in [-0.2, -0.15) is 13.2 Å². The van der Waals surface area contributed by atoms with Crippen molar-refractivity contribution in [2.75, 3.05) is 25.0 Å². The molecule has 10 heteroatoms. The second-order valence-corrected chi connectivity index (χ2v) is 7.45. The molecule has 2 aromatic carbocycles. The predicted octanol–water partition coefficient (Wildman–Crippen LogP) is 3.97. The van der Waals surface area contributed by atoms with Gasteiger partial charge in [-0.1, -0.05) is 18.2 Å². The van der Waals surface area contributed by atoms with E-state index in [1.54, 1.807) is 37.3 Å². The molecule has 7 nitrogen and oxygen atoms in total. The van der Waals surface area contributed by atoms with E-state index < -0.39 is 23.6 Å². The maximum atomic E-state index is 13.4. The lowest BCUT2D eigenvalue weighted by Gasteiger charge is -2.18. The number of alkyl halides is 3. The minimum atomic E-state index is -4.62. The van der Waals surface area contributed by atoms with Crippen molar-refractivity contribution in [3.63, 3.8) is 0 Å². The van der Waals surface area contributed by atoms with Gasteiger partial charge in [0, 0.05) is 37.0 Å². The van der Waals surface area contributed by atoms with Crippen molar-refractivity contribution in [1.82, 2.24) is 10.6 Å². The van der Waals surface area contributed by atoms with Gasteiger partial charge in [0.2, 0.25) is 0 Å². The number of carbonyl (C=O) groups excluding carboxylic acids is 2. The average molecular weight is 474 g/mol. The summed E-state index contributed by atoms with van der Waals surface area (Å²) >= 11 is 0. The Bertz CT molecular complexity index is 1100. The molecule has 3 N–H and O–H groups in total. The fourth-order valence-corrected chi connectivity index (χ4v) is 3.19. The average Bonchev–Trinajstić information content (AvgIpc) is 2.81. The molecule has 1 aliphatic heterocycles. The van der Waals surface area contributed by atoms with Crippen molar-refractivity contribution in [1.29, 1.82) is 0 Å². The van der Waals surface area contributed by atoms with E-state index >= 15 is 0 Å². The number of hydrogen-bond acceptors (Lipinski definition) is 6. The molecule has 0 spiro atoms. The Balaban J connectivity index is 1.72. The monoisotopic (exact) mass is 474 g/mol. The van der Waals surface area contributed by atoms with Gasteiger partial charge < -0.3 is 20.7 Å². The number of halogens is 3. The van der Waals surface area contributed by atoms with Gasteiger partial charge in [-0.3, -0.25) is 9.79 Å². The second-order valence-electron chi connectivity index (χ2n) is 7.45. The molecule has 3 rings (SSSR count).